The molecule has 0 unspecified atom stereocenters. The molecule has 0 aliphatic heterocycles. The number of rotatable bonds is 6. The maximum Gasteiger partial charge on any atom is 0.339 e. The topological polar surface area (TPSA) is 72.5 Å². The number of hydrogen-bond acceptors (Lipinski definition) is 4. The van der Waals surface area contributed by atoms with Crippen molar-refractivity contribution in [3.63, 3.8) is 0 Å². The molecule has 156 valence electrons. The summed E-state index contributed by atoms with van der Waals surface area (Å²) in [6.07, 6.45) is 0.204. The minimum Gasteiger partial charge on any atom is -0.378 e. The maximum absolute atomic E-state index is 12.6. The van der Waals surface area contributed by atoms with Gasteiger partial charge in [0, 0.05) is 10.7 Å². The number of halogens is 1. The van der Waals surface area contributed by atoms with Gasteiger partial charge in [-0.2, -0.15) is 8.42 Å². The van der Waals surface area contributed by atoms with Crippen molar-refractivity contribution in [3.8, 4) is 5.75 Å². The van der Waals surface area contributed by atoms with Gasteiger partial charge in [-0.3, -0.25) is 4.79 Å². The number of hydrogen-bond donors (Lipinski definition) is 1. The summed E-state index contributed by atoms with van der Waals surface area (Å²) in [6.45, 7) is 5.36. The molecule has 0 spiro atoms. The Labute approximate surface area is 181 Å². The van der Waals surface area contributed by atoms with Gasteiger partial charge >= 0.3 is 10.1 Å². The Bertz CT molecular complexity index is 1150. The zero-order chi connectivity index (χ0) is 21.9. The van der Waals surface area contributed by atoms with Gasteiger partial charge in [0.2, 0.25) is 5.91 Å². The van der Waals surface area contributed by atoms with Gasteiger partial charge in [-0.1, -0.05) is 41.4 Å². The summed E-state index contributed by atoms with van der Waals surface area (Å²) in [5.74, 6) is 0.0725. The van der Waals surface area contributed by atoms with Crippen LogP contribution < -0.4 is 9.50 Å². The standard InChI is InChI=1S/C23H22ClNO4S/c1-15-4-10-21(11-5-15)30(27,28)29-23-16(2)12-20(13-17(23)3)25-22(26)14-18-6-8-19(24)9-7-18/h4-13H,14H2,1-3H3,(H,25,26). The summed E-state index contributed by atoms with van der Waals surface area (Å²) >= 11 is 5.86. The normalized spacial score (nSPS) is 11.2. The fraction of sp³-hybridized carbons (Fsp3) is 0.174. The number of aryl methyl sites for hydroxylation is 3. The summed E-state index contributed by atoms with van der Waals surface area (Å²) in [5, 5.41) is 3.45. The summed E-state index contributed by atoms with van der Waals surface area (Å²) in [7, 11) is -3.95. The average molecular weight is 444 g/mol. The molecule has 3 aromatic carbocycles. The van der Waals surface area contributed by atoms with E-state index in [0.717, 1.165) is 11.1 Å². The molecule has 3 rings (SSSR count). The van der Waals surface area contributed by atoms with E-state index in [1.54, 1.807) is 62.4 Å². The Morgan fingerprint density at radius 3 is 2.07 bits per heavy atom. The van der Waals surface area contributed by atoms with Crippen LogP contribution in [-0.2, 0) is 21.3 Å². The van der Waals surface area contributed by atoms with E-state index in [-0.39, 0.29) is 23.0 Å². The van der Waals surface area contributed by atoms with E-state index < -0.39 is 10.1 Å². The molecular weight excluding hydrogens is 422 g/mol. The van der Waals surface area contributed by atoms with Crippen molar-refractivity contribution in [3.05, 3.63) is 87.9 Å². The summed E-state index contributed by atoms with van der Waals surface area (Å²) < 4.78 is 30.6. The van der Waals surface area contributed by atoms with Crippen LogP contribution in [0.3, 0.4) is 0 Å². The molecule has 1 N–H and O–H groups in total. The molecule has 1 amide bonds. The van der Waals surface area contributed by atoms with E-state index in [0.29, 0.717) is 21.8 Å². The summed E-state index contributed by atoms with van der Waals surface area (Å²) in [4.78, 5) is 12.4. The van der Waals surface area contributed by atoms with Crippen LogP contribution in [0.4, 0.5) is 5.69 Å². The molecule has 0 heterocycles. The SMILES string of the molecule is Cc1ccc(S(=O)(=O)Oc2c(C)cc(NC(=O)Cc3ccc(Cl)cc3)cc2C)cc1. The zero-order valence-corrected chi connectivity index (χ0v) is 18.5. The summed E-state index contributed by atoms with van der Waals surface area (Å²) in [6, 6.07) is 16.9. The fourth-order valence-electron chi connectivity index (χ4n) is 3.01. The Morgan fingerprint density at radius 2 is 1.50 bits per heavy atom. The van der Waals surface area contributed by atoms with Crippen LogP contribution in [0, 0.1) is 20.8 Å². The van der Waals surface area contributed by atoms with Crippen molar-refractivity contribution >= 4 is 33.3 Å². The molecule has 3 aromatic rings. The lowest BCUT2D eigenvalue weighted by Gasteiger charge is -2.15. The van der Waals surface area contributed by atoms with Crippen molar-refractivity contribution in [2.24, 2.45) is 0 Å². The lowest BCUT2D eigenvalue weighted by atomic mass is 10.1. The quantitative estimate of drug-likeness (QED) is 0.530. The molecule has 0 saturated carbocycles. The van der Waals surface area contributed by atoms with Gasteiger partial charge in [-0.15, -0.1) is 0 Å². The molecular formula is C23H22ClNO4S. The number of amides is 1. The molecule has 30 heavy (non-hydrogen) atoms. The molecule has 0 aliphatic rings. The Kier molecular flexibility index (Phi) is 6.48. The van der Waals surface area contributed by atoms with Crippen LogP contribution >= 0.6 is 11.6 Å². The summed E-state index contributed by atoms with van der Waals surface area (Å²) in [5.41, 5.74) is 3.58. The van der Waals surface area contributed by atoms with Gasteiger partial charge in [-0.05, 0) is 73.9 Å². The van der Waals surface area contributed by atoms with E-state index in [4.69, 9.17) is 15.8 Å². The number of carbonyl (C=O) groups is 1. The first-order valence-corrected chi connectivity index (χ1v) is 11.1. The highest BCUT2D eigenvalue weighted by Gasteiger charge is 2.20. The molecule has 0 radical (unpaired) electrons. The third-order valence-electron chi connectivity index (χ3n) is 4.52. The maximum atomic E-state index is 12.6. The highest BCUT2D eigenvalue weighted by atomic mass is 35.5. The first-order valence-electron chi connectivity index (χ1n) is 9.31. The van der Waals surface area contributed by atoms with Gasteiger partial charge in [0.1, 0.15) is 10.6 Å². The van der Waals surface area contributed by atoms with E-state index in [2.05, 4.69) is 5.32 Å². The lowest BCUT2D eigenvalue weighted by Crippen LogP contribution is -2.15. The molecule has 5 nitrogen and oxygen atoms in total. The monoisotopic (exact) mass is 443 g/mol. The highest BCUT2D eigenvalue weighted by molar-refractivity contribution is 7.87. The number of carbonyl (C=O) groups excluding carboxylic acids is 1. The van der Waals surface area contributed by atoms with Gasteiger partial charge < -0.3 is 9.50 Å². The second kappa shape index (κ2) is 8.90. The lowest BCUT2D eigenvalue weighted by molar-refractivity contribution is -0.115. The first-order chi connectivity index (χ1) is 14.1. The number of benzene rings is 3. The Hall–Kier alpha value is -2.83. The predicted octanol–water partition coefficient (Wildman–Crippen LogP) is 5.21. The second-order valence-corrected chi connectivity index (χ2v) is 9.12. The fourth-order valence-corrected chi connectivity index (χ4v) is 4.18. The van der Waals surface area contributed by atoms with Crippen LogP contribution in [0.25, 0.3) is 0 Å². The van der Waals surface area contributed by atoms with E-state index in [9.17, 15) is 13.2 Å². The van der Waals surface area contributed by atoms with Crippen LogP contribution in [0.2, 0.25) is 5.02 Å². The first kappa shape index (κ1) is 21.9. The van der Waals surface area contributed by atoms with Gasteiger partial charge in [0.15, 0.2) is 0 Å². The number of nitrogens with one attached hydrogen (secondary N) is 1. The average Bonchev–Trinajstić information content (AvgIpc) is 2.67. The molecule has 7 heteroatoms. The zero-order valence-electron chi connectivity index (χ0n) is 16.9. The Balaban J connectivity index is 1.75. The van der Waals surface area contributed by atoms with E-state index in [1.165, 1.54) is 12.1 Å². The Morgan fingerprint density at radius 1 is 0.933 bits per heavy atom. The molecule has 0 aromatic heterocycles. The van der Waals surface area contributed by atoms with Crippen LogP contribution in [0.1, 0.15) is 22.3 Å². The van der Waals surface area contributed by atoms with Gasteiger partial charge in [0.05, 0.1) is 6.42 Å². The van der Waals surface area contributed by atoms with Crippen molar-refractivity contribution in [1.29, 1.82) is 0 Å². The van der Waals surface area contributed by atoms with Crippen molar-refractivity contribution in [2.75, 3.05) is 5.32 Å². The highest BCUT2D eigenvalue weighted by Crippen LogP contribution is 2.30. The molecule has 0 bridgehead atoms. The van der Waals surface area contributed by atoms with Crippen LogP contribution in [0.15, 0.2) is 65.6 Å². The van der Waals surface area contributed by atoms with Crippen molar-refractivity contribution in [1.82, 2.24) is 0 Å². The predicted molar refractivity (Wildman–Crippen MR) is 119 cm³/mol. The molecule has 0 atom stereocenters. The second-order valence-electron chi connectivity index (χ2n) is 7.14. The van der Waals surface area contributed by atoms with Crippen molar-refractivity contribution < 1.29 is 17.4 Å². The van der Waals surface area contributed by atoms with Crippen molar-refractivity contribution in [2.45, 2.75) is 32.1 Å². The molecule has 0 fully saturated rings. The smallest absolute Gasteiger partial charge is 0.339 e. The third-order valence-corrected chi connectivity index (χ3v) is 6.01. The minimum atomic E-state index is -3.95. The van der Waals surface area contributed by atoms with Crippen LogP contribution in [-0.4, -0.2) is 14.3 Å². The van der Waals surface area contributed by atoms with E-state index >= 15 is 0 Å². The largest absolute Gasteiger partial charge is 0.378 e. The molecule has 0 saturated heterocycles. The molecule has 0 aliphatic carbocycles. The number of anilines is 1. The van der Waals surface area contributed by atoms with E-state index in [1.807, 2.05) is 6.92 Å². The third kappa shape index (κ3) is 5.40. The van der Waals surface area contributed by atoms with Gasteiger partial charge in [0.25, 0.3) is 0 Å². The van der Waals surface area contributed by atoms with Gasteiger partial charge in [-0.25, -0.2) is 0 Å². The minimum absolute atomic E-state index is 0.0900. The van der Waals surface area contributed by atoms with Crippen LogP contribution in [0.5, 0.6) is 5.75 Å².